The van der Waals surface area contributed by atoms with Gasteiger partial charge in [-0.15, -0.1) is 0 Å². The van der Waals surface area contributed by atoms with Crippen molar-refractivity contribution in [2.75, 3.05) is 31.6 Å². The van der Waals surface area contributed by atoms with Gasteiger partial charge in [-0.25, -0.2) is 8.42 Å². The molecule has 1 amide bonds. The molecule has 0 aromatic rings. The number of nitrogens with two attached hydrogens (primary N) is 1. The molecule has 0 atom stereocenters. The quantitative estimate of drug-likeness (QED) is 0.756. The van der Waals surface area contributed by atoms with Crippen LogP contribution in [0.4, 0.5) is 0 Å². The van der Waals surface area contributed by atoms with Gasteiger partial charge in [0.15, 0.2) is 0 Å². The third kappa shape index (κ3) is 5.50. The van der Waals surface area contributed by atoms with Crippen LogP contribution in [-0.4, -0.2) is 50.9 Å². The van der Waals surface area contributed by atoms with Crippen LogP contribution in [0.2, 0.25) is 0 Å². The van der Waals surface area contributed by atoms with E-state index in [-0.39, 0.29) is 18.1 Å². The van der Waals surface area contributed by atoms with Crippen LogP contribution in [0.25, 0.3) is 0 Å². The summed E-state index contributed by atoms with van der Waals surface area (Å²) >= 11 is 0. The fourth-order valence-corrected chi connectivity index (χ4v) is 2.68. The maximum Gasteiger partial charge on any atom is 0.223 e. The number of hydrogen-bond donors (Lipinski definition) is 1. The second-order valence-corrected chi connectivity index (χ2v) is 7.04. The highest BCUT2D eigenvalue weighted by molar-refractivity contribution is 7.90. The topological polar surface area (TPSA) is 80.5 Å². The second-order valence-electron chi connectivity index (χ2n) is 4.78. The molecule has 6 heteroatoms. The molecule has 0 aromatic carbocycles. The number of piperidine rings is 1. The first-order chi connectivity index (χ1) is 7.92. The zero-order valence-electron chi connectivity index (χ0n) is 10.4. The van der Waals surface area contributed by atoms with Crippen molar-refractivity contribution in [2.45, 2.75) is 25.7 Å². The molecule has 0 aliphatic carbocycles. The molecule has 0 spiro atoms. The predicted octanol–water partition coefficient (Wildman–Crippen LogP) is 0.00850. The Morgan fingerprint density at radius 2 is 1.94 bits per heavy atom. The first-order valence-corrected chi connectivity index (χ1v) is 8.14. The maximum atomic E-state index is 11.7. The van der Waals surface area contributed by atoms with Crippen molar-refractivity contribution in [2.24, 2.45) is 11.7 Å². The fourth-order valence-electron chi connectivity index (χ4n) is 2.14. The van der Waals surface area contributed by atoms with Crippen LogP contribution in [0.1, 0.15) is 25.7 Å². The summed E-state index contributed by atoms with van der Waals surface area (Å²) in [6.45, 7) is 2.19. The Bertz CT molecular complexity index is 346. The van der Waals surface area contributed by atoms with E-state index >= 15 is 0 Å². The molecule has 1 fully saturated rings. The molecule has 0 bridgehead atoms. The lowest BCUT2D eigenvalue weighted by Gasteiger charge is -2.31. The van der Waals surface area contributed by atoms with Crippen LogP contribution >= 0.6 is 0 Å². The summed E-state index contributed by atoms with van der Waals surface area (Å²) in [5.74, 6) is 0.537. The third-order valence-corrected chi connectivity index (χ3v) is 4.17. The molecule has 1 rings (SSSR count). The predicted molar refractivity (Wildman–Crippen MR) is 67.3 cm³/mol. The zero-order chi connectivity index (χ0) is 12.9. The third-order valence-electron chi connectivity index (χ3n) is 3.23. The van der Waals surface area contributed by atoms with Crippen molar-refractivity contribution in [3.8, 4) is 0 Å². The van der Waals surface area contributed by atoms with E-state index in [2.05, 4.69) is 0 Å². The largest absolute Gasteiger partial charge is 0.343 e. The number of rotatable bonds is 5. The minimum absolute atomic E-state index is 0.0402. The Kier molecular flexibility index (Phi) is 5.39. The van der Waals surface area contributed by atoms with Gasteiger partial charge in [-0.1, -0.05) is 0 Å². The van der Waals surface area contributed by atoms with Crippen molar-refractivity contribution in [3.05, 3.63) is 0 Å². The fraction of sp³-hybridized carbons (Fsp3) is 0.909. The molecular formula is C11H22N2O3S. The minimum Gasteiger partial charge on any atom is -0.343 e. The lowest BCUT2D eigenvalue weighted by molar-refractivity contribution is -0.132. The molecule has 17 heavy (non-hydrogen) atoms. The molecule has 0 radical (unpaired) electrons. The summed E-state index contributed by atoms with van der Waals surface area (Å²) in [7, 11) is -3.04. The monoisotopic (exact) mass is 262 g/mol. The molecule has 0 unspecified atom stereocenters. The second kappa shape index (κ2) is 6.35. The van der Waals surface area contributed by atoms with E-state index in [0.29, 0.717) is 12.5 Å². The van der Waals surface area contributed by atoms with Crippen LogP contribution < -0.4 is 5.73 Å². The number of hydrogen-bond acceptors (Lipinski definition) is 4. The van der Waals surface area contributed by atoms with Crippen LogP contribution in [0.3, 0.4) is 0 Å². The summed E-state index contributed by atoms with van der Waals surface area (Å²) in [4.78, 5) is 13.5. The highest BCUT2D eigenvalue weighted by Gasteiger charge is 2.22. The average Bonchev–Trinajstić information content (AvgIpc) is 2.26. The minimum atomic E-state index is -3.04. The number of amides is 1. The van der Waals surface area contributed by atoms with Gasteiger partial charge in [-0.2, -0.15) is 0 Å². The lowest BCUT2D eigenvalue weighted by atomic mass is 9.93. The average molecular weight is 262 g/mol. The van der Waals surface area contributed by atoms with Gasteiger partial charge in [0.05, 0.1) is 5.75 Å². The smallest absolute Gasteiger partial charge is 0.223 e. The van der Waals surface area contributed by atoms with E-state index < -0.39 is 9.84 Å². The van der Waals surface area contributed by atoms with Crippen molar-refractivity contribution >= 4 is 15.7 Å². The van der Waals surface area contributed by atoms with Gasteiger partial charge in [0, 0.05) is 25.8 Å². The number of likely N-dealkylation sites (tertiary alicyclic amines) is 1. The van der Waals surface area contributed by atoms with E-state index in [9.17, 15) is 13.2 Å². The Hall–Kier alpha value is -0.620. The standard InChI is InChI=1S/C11H22N2O3S/c1-17(15,16)9-5-11(14)13-7-3-10(2-6-12)4-8-13/h10H,2-9,12H2,1H3. The zero-order valence-corrected chi connectivity index (χ0v) is 11.2. The first kappa shape index (κ1) is 14.4. The number of carbonyl (C=O) groups excluding carboxylic acids is 1. The number of nitrogens with zero attached hydrogens (tertiary/aromatic N) is 1. The Labute approximate surface area is 103 Å². The van der Waals surface area contributed by atoms with Crippen molar-refractivity contribution < 1.29 is 13.2 Å². The van der Waals surface area contributed by atoms with Gasteiger partial charge < -0.3 is 10.6 Å². The molecule has 100 valence electrons. The van der Waals surface area contributed by atoms with Crippen molar-refractivity contribution in [3.63, 3.8) is 0 Å². The molecule has 1 heterocycles. The van der Waals surface area contributed by atoms with Gasteiger partial charge in [0.2, 0.25) is 5.91 Å². The van der Waals surface area contributed by atoms with Crippen molar-refractivity contribution in [1.29, 1.82) is 0 Å². The Balaban J connectivity index is 2.31. The molecule has 0 saturated carbocycles. The Morgan fingerprint density at radius 1 is 1.35 bits per heavy atom. The Morgan fingerprint density at radius 3 is 2.41 bits per heavy atom. The van der Waals surface area contributed by atoms with E-state index in [1.54, 1.807) is 4.90 Å². The van der Waals surface area contributed by atoms with E-state index in [0.717, 1.165) is 38.6 Å². The van der Waals surface area contributed by atoms with Gasteiger partial charge in [0.25, 0.3) is 0 Å². The summed E-state index contributed by atoms with van der Waals surface area (Å²) < 4.78 is 21.9. The SMILES string of the molecule is CS(=O)(=O)CCC(=O)N1CCC(CCN)CC1. The van der Waals surface area contributed by atoms with Crippen LogP contribution in [0.5, 0.6) is 0 Å². The van der Waals surface area contributed by atoms with E-state index in [1.165, 1.54) is 0 Å². The molecule has 1 aliphatic rings. The van der Waals surface area contributed by atoms with Crippen LogP contribution in [-0.2, 0) is 14.6 Å². The van der Waals surface area contributed by atoms with Gasteiger partial charge in [-0.05, 0) is 31.7 Å². The van der Waals surface area contributed by atoms with E-state index in [1.807, 2.05) is 0 Å². The highest BCUT2D eigenvalue weighted by atomic mass is 32.2. The van der Waals surface area contributed by atoms with Crippen LogP contribution in [0, 0.1) is 5.92 Å². The molecule has 5 nitrogen and oxygen atoms in total. The summed E-state index contributed by atoms with van der Waals surface area (Å²) in [5.41, 5.74) is 5.50. The maximum absolute atomic E-state index is 11.7. The normalized spacial score (nSPS) is 18.4. The number of carbonyl (C=O) groups is 1. The summed E-state index contributed by atoms with van der Waals surface area (Å²) in [5, 5.41) is 0. The molecule has 1 aliphatic heterocycles. The van der Waals surface area contributed by atoms with Crippen LogP contribution in [0.15, 0.2) is 0 Å². The molecule has 2 N–H and O–H groups in total. The highest BCUT2D eigenvalue weighted by Crippen LogP contribution is 2.20. The van der Waals surface area contributed by atoms with E-state index in [4.69, 9.17) is 5.73 Å². The first-order valence-electron chi connectivity index (χ1n) is 6.08. The van der Waals surface area contributed by atoms with Gasteiger partial charge in [0.1, 0.15) is 9.84 Å². The molecular weight excluding hydrogens is 240 g/mol. The molecule has 1 saturated heterocycles. The summed E-state index contributed by atoms with van der Waals surface area (Å²) in [6.07, 6.45) is 4.27. The lowest BCUT2D eigenvalue weighted by Crippen LogP contribution is -2.39. The molecule has 0 aromatic heterocycles. The van der Waals surface area contributed by atoms with Crippen molar-refractivity contribution in [1.82, 2.24) is 4.90 Å². The number of sulfone groups is 1. The van der Waals surface area contributed by atoms with Gasteiger partial charge in [-0.3, -0.25) is 4.79 Å². The van der Waals surface area contributed by atoms with Gasteiger partial charge >= 0.3 is 0 Å². The summed E-state index contributed by atoms with van der Waals surface area (Å²) in [6, 6.07) is 0.